The minimum atomic E-state index is -0.357. The number of ether oxygens (including phenoxy) is 2. The van der Waals surface area contributed by atoms with Crippen LogP contribution in [-0.4, -0.2) is 28.1 Å². The van der Waals surface area contributed by atoms with E-state index in [0.29, 0.717) is 30.0 Å². The van der Waals surface area contributed by atoms with Crippen molar-refractivity contribution in [3.05, 3.63) is 113 Å². The van der Waals surface area contributed by atoms with E-state index in [1.807, 2.05) is 73.8 Å². The molecule has 0 unspecified atom stereocenters. The minimum absolute atomic E-state index is 0.229. The summed E-state index contributed by atoms with van der Waals surface area (Å²) in [6.07, 6.45) is 6.58. The van der Waals surface area contributed by atoms with Crippen LogP contribution in [-0.2, 0) is 29.0 Å². The lowest BCUT2D eigenvalue weighted by atomic mass is 10.1. The molecule has 0 fully saturated rings. The van der Waals surface area contributed by atoms with Gasteiger partial charge in [-0.2, -0.15) is 0 Å². The largest absolute Gasteiger partial charge is 0.462 e. The Bertz CT molecular complexity index is 1450. The number of hydrogen-bond donors (Lipinski definition) is 1. The fraction of sp³-hybridized carbons (Fsp3) is 0.324. The molecular weight excluding hydrogens is 514 g/mol. The number of unbranched alkanes of at least 4 members (excludes halogenated alkanes) is 2. The van der Waals surface area contributed by atoms with Crippen LogP contribution >= 0.6 is 0 Å². The van der Waals surface area contributed by atoms with Crippen molar-refractivity contribution in [2.75, 3.05) is 11.9 Å². The van der Waals surface area contributed by atoms with Crippen molar-refractivity contribution in [1.29, 1.82) is 0 Å². The van der Waals surface area contributed by atoms with Gasteiger partial charge < -0.3 is 14.8 Å². The molecular formula is C34H39N3O4. The van der Waals surface area contributed by atoms with Crippen molar-refractivity contribution in [3.8, 4) is 5.69 Å². The highest BCUT2D eigenvalue weighted by atomic mass is 16.5. The predicted molar refractivity (Wildman–Crippen MR) is 161 cm³/mol. The highest BCUT2D eigenvalue weighted by Crippen LogP contribution is 2.24. The number of aryl methyl sites for hydroxylation is 2. The van der Waals surface area contributed by atoms with Crippen molar-refractivity contribution < 1.29 is 19.1 Å². The molecule has 4 aromatic rings. The third-order valence-corrected chi connectivity index (χ3v) is 6.89. The lowest BCUT2D eigenvalue weighted by Gasteiger charge is -2.17. The van der Waals surface area contributed by atoms with E-state index in [4.69, 9.17) is 14.5 Å². The second-order valence-electron chi connectivity index (χ2n) is 10.1. The van der Waals surface area contributed by atoms with E-state index >= 15 is 0 Å². The summed E-state index contributed by atoms with van der Waals surface area (Å²) < 4.78 is 13.2. The smallest absolute Gasteiger partial charge is 0.340 e. The summed E-state index contributed by atoms with van der Waals surface area (Å²) >= 11 is 0. The molecule has 0 aliphatic carbocycles. The normalized spacial score (nSPS) is 10.8. The quantitative estimate of drug-likeness (QED) is 0.129. The third kappa shape index (κ3) is 7.84. The first-order valence-electron chi connectivity index (χ1n) is 14.4. The molecule has 1 aromatic heterocycles. The summed E-state index contributed by atoms with van der Waals surface area (Å²) in [6, 6.07) is 22.7. The molecule has 0 atom stereocenters. The van der Waals surface area contributed by atoms with Crippen molar-refractivity contribution in [3.63, 3.8) is 0 Å². The van der Waals surface area contributed by atoms with Crippen LogP contribution in [0.5, 0.6) is 0 Å². The number of rotatable bonds is 14. The topological polar surface area (TPSA) is 82.5 Å². The standard InChI is InChI=1S/C34H39N3O4/c1-4-6-17-32-36-23-28(22-35-30-16-12-11-15-29(30)34(39)40-20-7-5-2)37(32)31-19-18-27(21-25(31)3)33(38)41-24-26-13-9-8-10-14-26/h8-16,18-19,21,23,35H,4-7,17,20,22,24H2,1-3H3. The lowest BCUT2D eigenvalue weighted by Crippen LogP contribution is -2.14. The molecule has 0 spiro atoms. The molecule has 0 amide bonds. The van der Waals surface area contributed by atoms with Gasteiger partial charge >= 0.3 is 11.9 Å². The number of carbonyl (C=O) groups excluding carboxylic acids is 2. The molecule has 0 aliphatic rings. The van der Waals surface area contributed by atoms with Gasteiger partial charge in [0, 0.05) is 12.1 Å². The van der Waals surface area contributed by atoms with Crippen LogP contribution in [0.2, 0.25) is 0 Å². The van der Waals surface area contributed by atoms with Gasteiger partial charge in [0.05, 0.1) is 41.9 Å². The summed E-state index contributed by atoms with van der Waals surface area (Å²) in [5, 5.41) is 3.43. The van der Waals surface area contributed by atoms with Gasteiger partial charge in [-0.05, 0) is 61.2 Å². The molecule has 0 radical (unpaired) electrons. The third-order valence-electron chi connectivity index (χ3n) is 6.89. The highest BCUT2D eigenvalue weighted by Gasteiger charge is 2.18. The summed E-state index contributed by atoms with van der Waals surface area (Å²) in [4.78, 5) is 30.2. The van der Waals surface area contributed by atoms with Crippen LogP contribution in [0.4, 0.5) is 5.69 Å². The Kier molecular flexibility index (Phi) is 10.7. The van der Waals surface area contributed by atoms with Gasteiger partial charge in [-0.3, -0.25) is 4.57 Å². The van der Waals surface area contributed by atoms with Gasteiger partial charge in [0.15, 0.2) is 0 Å². The van der Waals surface area contributed by atoms with Gasteiger partial charge in [0.25, 0.3) is 0 Å². The van der Waals surface area contributed by atoms with Gasteiger partial charge in [-0.15, -0.1) is 0 Å². The SMILES string of the molecule is CCCCOC(=O)c1ccccc1NCc1cnc(CCCC)n1-c1ccc(C(=O)OCc2ccccc2)cc1C. The second-order valence-corrected chi connectivity index (χ2v) is 10.1. The molecule has 4 rings (SSSR count). The molecule has 3 aromatic carbocycles. The van der Waals surface area contributed by atoms with E-state index in [2.05, 4.69) is 23.7 Å². The lowest BCUT2D eigenvalue weighted by molar-refractivity contribution is 0.0470. The summed E-state index contributed by atoms with van der Waals surface area (Å²) in [7, 11) is 0. The van der Waals surface area contributed by atoms with Crippen molar-refractivity contribution in [1.82, 2.24) is 9.55 Å². The molecule has 1 N–H and O–H groups in total. The monoisotopic (exact) mass is 553 g/mol. The zero-order valence-corrected chi connectivity index (χ0v) is 24.2. The van der Waals surface area contributed by atoms with Gasteiger partial charge in [-0.25, -0.2) is 14.6 Å². The zero-order valence-electron chi connectivity index (χ0n) is 24.2. The van der Waals surface area contributed by atoms with Gasteiger partial charge in [-0.1, -0.05) is 69.2 Å². The molecule has 0 saturated heterocycles. The first-order chi connectivity index (χ1) is 20.0. The zero-order chi connectivity index (χ0) is 29.0. The van der Waals surface area contributed by atoms with E-state index in [1.54, 1.807) is 12.1 Å². The first-order valence-corrected chi connectivity index (χ1v) is 14.4. The molecule has 7 nitrogen and oxygen atoms in total. The number of benzene rings is 3. The van der Waals surface area contributed by atoms with Gasteiger partial charge in [0.2, 0.25) is 0 Å². The predicted octanol–water partition coefficient (Wildman–Crippen LogP) is 7.45. The summed E-state index contributed by atoms with van der Waals surface area (Å²) in [6.45, 7) is 7.31. The maximum absolute atomic E-state index is 12.8. The van der Waals surface area contributed by atoms with E-state index in [1.165, 1.54) is 0 Å². The molecule has 0 bridgehead atoms. The summed E-state index contributed by atoms with van der Waals surface area (Å²) in [5.74, 6) is 0.271. The van der Waals surface area contributed by atoms with E-state index in [9.17, 15) is 9.59 Å². The Labute approximate surface area is 242 Å². The first kappa shape index (κ1) is 29.6. The molecule has 214 valence electrons. The maximum Gasteiger partial charge on any atom is 0.340 e. The van der Waals surface area contributed by atoms with E-state index in [-0.39, 0.29) is 18.5 Å². The number of aromatic nitrogens is 2. The number of esters is 2. The minimum Gasteiger partial charge on any atom is -0.462 e. The molecule has 7 heteroatoms. The van der Waals surface area contributed by atoms with Crippen LogP contribution in [0, 0.1) is 6.92 Å². The average molecular weight is 554 g/mol. The van der Waals surface area contributed by atoms with E-state index in [0.717, 1.165) is 60.4 Å². The maximum atomic E-state index is 12.8. The van der Waals surface area contributed by atoms with Crippen molar-refractivity contribution >= 4 is 17.6 Å². The summed E-state index contributed by atoms with van der Waals surface area (Å²) in [5.41, 5.74) is 5.52. The van der Waals surface area contributed by atoms with Crippen LogP contribution in [0.1, 0.15) is 82.9 Å². The van der Waals surface area contributed by atoms with Crippen molar-refractivity contribution in [2.45, 2.75) is 66.0 Å². The molecule has 0 saturated carbocycles. The Hall–Kier alpha value is -4.39. The van der Waals surface area contributed by atoms with Crippen LogP contribution in [0.25, 0.3) is 5.69 Å². The van der Waals surface area contributed by atoms with Crippen molar-refractivity contribution in [2.24, 2.45) is 0 Å². The number of nitrogens with zero attached hydrogens (tertiary/aromatic N) is 2. The number of anilines is 1. The van der Waals surface area contributed by atoms with Crippen LogP contribution in [0.3, 0.4) is 0 Å². The molecule has 0 aliphatic heterocycles. The Balaban J connectivity index is 1.54. The average Bonchev–Trinajstić information content (AvgIpc) is 3.40. The molecule has 41 heavy (non-hydrogen) atoms. The Morgan fingerprint density at radius 1 is 0.878 bits per heavy atom. The fourth-order valence-corrected chi connectivity index (χ4v) is 4.59. The number of hydrogen-bond acceptors (Lipinski definition) is 6. The van der Waals surface area contributed by atoms with E-state index < -0.39 is 0 Å². The second kappa shape index (κ2) is 14.8. The van der Waals surface area contributed by atoms with Crippen LogP contribution < -0.4 is 5.32 Å². The molecule has 1 heterocycles. The van der Waals surface area contributed by atoms with Crippen LogP contribution in [0.15, 0.2) is 79.0 Å². The Morgan fingerprint density at radius 3 is 2.39 bits per heavy atom. The number of nitrogens with one attached hydrogen (secondary N) is 1. The Morgan fingerprint density at radius 2 is 1.63 bits per heavy atom. The number of para-hydroxylation sites is 1. The number of carbonyl (C=O) groups is 2. The van der Waals surface area contributed by atoms with Gasteiger partial charge in [0.1, 0.15) is 12.4 Å². The fourth-order valence-electron chi connectivity index (χ4n) is 4.59. The number of imidazole rings is 1. The highest BCUT2D eigenvalue weighted by molar-refractivity contribution is 5.95.